The molecule has 5 heteroatoms. The Morgan fingerprint density at radius 1 is 0.824 bits per heavy atom. The third-order valence-corrected chi connectivity index (χ3v) is 2.76. The van der Waals surface area contributed by atoms with Crippen LogP contribution < -0.4 is 0 Å². The maximum atomic E-state index is 10.3. The lowest BCUT2D eigenvalue weighted by Crippen LogP contribution is -2.07. The molecule has 0 aromatic rings. The van der Waals surface area contributed by atoms with Gasteiger partial charge < -0.3 is 15.3 Å². The van der Waals surface area contributed by atoms with Crippen LogP contribution in [-0.4, -0.2) is 33.9 Å². The zero-order chi connectivity index (χ0) is 13.1. The van der Waals surface area contributed by atoms with Crippen molar-refractivity contribution in [3.8, 4) is 0 Å². The highest BCUT2D eigenvalue weighted by Gasteiger charge is 2.08. The fourth-order valence-electron chi connectivity index (χ4n) is 1.75. The molecule has 0 heterocycles. The first-order valence-electron chi connectivity index (χ1n) is 6.10. The zero-order valence-electron chi connectivity index (χ0n) is 10.1. The SMILES string of the molecule is O=C(O)CCCCC(CO)CCCCC(=O)O. The second kappa shape index (κ2) is 10.1. The molecular formula is C12H22O5. The number of aliphatic hydroxyl groups excluding tert-OH is 1. The number of carboxylic acid groups (broad SMARTS) is 2. The van der Waals surface area contributed by atoms with Gasteiger partial charge in [0.2, 0.25) is 0 Å². The van der Waals surface area contributed by atoms with Gasteiger partial charge in [-0.15, -0.1) is 0 Å². The predicted octanol–water partition coefficient (Wildman–Crippen LogP) is 1.88. The molecule has 5 nitrogen and oxygen atoms in total. The average Bonchev–Trinajstić information content (AvgIpc) is 2.26. The summed E-state index contributed by atoms with van der Waals surface area (Å²) in [5.41, 5.74) is 0. The van der Waals surface area contributed by atoms with E-state index in [1.54, 1.807) is 0 Å². The van der Waals surface area contributed by atoms with E-state index in [2.05, 4.69) is 0 Å². The highest BCUT2D eigenvalue weighted by molar-refractivity contribution is 5.66. The molecule has 0 aliphatic rings. The van der Waals surface area contributed by atoms with Crippen LogP contribution in [-0.2, 0) is 9.59 Å². The number of unbranched alkanes of at least 4 members (excludes halogenated alkanes) is 2. The number of carboxylic acids is 2. The standard InChI is InChI=1S/C12H22O5/c13-9-10(5-1-3-7-11(14)15)6-2-4-8-12(16)17/h10,13H,1-9H2,(H,14,15)(H,16,17). The summed E-state index contributed by atoms with van der Waals surface area (Å²) in [6, 6.07) is 0. The van der Waals surface area contributed by atoms with Crippen LogP contribution in [0.4, 0.5) is 0 Å². The van der Waals surface area contributed by atoms with E-state index in [1.807, 2.05) is 0 Å². The number of hydrogen-bond donors (Lipinski definition) is 3. The summed E-state index contributed by atoms with van der Waals surface area (Å²) in [7, 11) is 0. The molecule has 0 aliphatic heterocycles. The monoisotopic (exact) mass is 246 g/mol. The molecule has 0 aromatic heterocycles. The van der Waals surface area contributed by atoms with Gasteiger partial charge in [-0.25, -0.2) is 0 Å². The lowest BCUT2D eigenvalue weighted by Gasteiger charge is -2.13. The Morgan fingerprint density at radius 2 is 1.24 bits per heavy atom. The molecule has 0 aliphatic carbocycles. The van der Waals surface area contributed by atoms with E-state index >= 15 is 0 Å². The van der Waals surface area contributed by atoms with E-state index in [0.717, 1.165) is 25.7 Å². The number of carbonyl (C=O) groups is 2. The Kier molecular flexibility index (Phi) is 9.43. The Bertz CT molecular complexity index is 205. The van der Waals surface area contributed by atoms with Crippen molar-refractivity contribution in [1.82, 2.24) is 0 Å². The molecule has 0 spiro atoms. The number of aliphatic hydroxyl groups is 1. The van der Waals surface area contributed by atoms with Gasteiger partial charge >= 0.3 is 11.9 Å². The minimum atomic E-state index is -0.785. The topological polar surface area (TPSA) is 94.8 Å². The van der Waals surface area contributed by atoms with Crippen molar-refractivity contribution in [2.75, 3.05) is 6.61 Å². The quantitative estimate of drug-likeness (QED) is 0.484. The van der Waals surface area contributed by atoms with Crippen molar-refractivity contribution in [1.29, 1.82) is 0 Å². The molecule has 0 radical (unpaired) electrons. The highest BCUT2D eigenvalue weighted by atomic mass is 16.4. The summed E-state index contributed by atoms with van der Waals surface area (Å²) in [5, 5.41) is 26.0. The minimum Gasteiger partial charge on any atom is -0.481 e. The van der Waals surface area contributed by atoms with Crippen molar-refractivity contribution in [2.45, 2.75) is 51.4 Å². The summed E-state index contributed by atoms with van der Waals surface area (Å²) < 4.78 is 0. The second-order valence-electron chi connectivity index (χ2n) is 4.33. The second-order valence-corrected chi connectivity index (χ2v) is 4.33. The Hall–Kier alpha value is -1.10. The summed E-state index contributed by atoms with van der Waals surface area (Å²) in [4.78, 5) is 20.6. The van der Waals surface area contributed by atoms with Gasteiger partial charge in [0.1, 0.15) is 0 Å². The molecule has 3 N–H and O–H groups in total. The van der Waals surface area contributed by atoms with Crippen molar-refractivity contribution < 1.29 is 24.9 Å². The van der Waals surface area contributed by atoms with E-state index in [9.17, 15) is 9.59 Å². The lowest BCUT2D eigenvalue weighted by molar-refractivity contribution is -0.138. The average molecular weight is 246 g/mol. The van der Waals surface area contributed by atoms with Crippen molar-refractivity contribution >= 4 is 11.9 Å². The lowest BCUT2D eigenvalue weighted by atomic mass is 9.96. The molecule has 17 heavy (non-hydrogen) atoms. The molecule has 0 atom stereocenters. The summed E-state index contributed by atoms with van der Waals surface area (Å²) >= 11 is 0. The molecule has 0 saturated carbocycles. The third-order valence-electron chi connectivity index (χ3n) is 2.76. The van der Waals surface area contributed by atoms with E-state index < -0.39 is 11.9 Å². The van der Waals surface area contributed by atoms with Gasteiger partial charge in [-0.3, -0.25) is 9.59 Å². The van der Waals surface area contributed by atoms with Crippen LogP contribution in [0.3, 0.4) is 0 Å². The smallest absolute Gasteiger partial charge is 0.303 e. The first-order valence-corrected chi connectivity index (χ1v) is 6.10. The summed E-state index contributed by atoms with van der Waals surface area (Å²) in [6.45, 7) is 0.0974. The van der Waals surface area contributed by atoms with Crippen LogP contribution in [0.25, 0.3) is 0 Å². The van der Waals surface area contributed by atoms with E-state index in [0.29, 0.717) is 12.8 Å². The molecule has 0 rings (SSSR count). The van der Waals surface area contributed by atoms with Crippen LogP contribution in [0.1, 0.15) is 51.4 Å². The fourth-order valence-corrected chi connectivity index (χ4v) is 1.75. The highest BCUT2D eigenvalue weighted by Crippen LogP contribution is 2.16. The third kappa shape index (κ3) is 11.2. The van der Waals surface area contributed by atoms with E-state index in [4.69, 9.17) is 15.3 Å². The minimum absolute atomic E-state index is 0.0974. The van der Waals surface area contributed by atoms with Gasteiger partial charge in [-0.05, 0) is 31.6 Å². The maximum Gasteiger partial charge on any atom is 0.303 e. The Labute approximate surface area is 101 Å². The normalized spacial score (nSPS) is 10.7. The molecule has 0 aromatic carbocycles. The van der Waals surface area contributed by atoms with Crippen LogP contribution in [0, 0.1) is 5.92 Å². The van der Waals surface area contributed by atoms with E-state index in [-0.39, 0.29) is 25.4 Å². The van der Waals surface area contributed by atoms with Gasteiger partial charge in [-0.1, -0.05) is 12.8 Å². The number of rotatable bonds is 11. The maximum absolute atomic E-state index is 10.3. The van der Waals surface area contributed by atoms with Gasteiger partial charge in [0, 0.05) is 19.4 Å². The Morgan fingerprint density at radius 3 is 1.53 bits per heavy atom. The number of aliphatic carboxylic acids is 2. The number of hydrogen-bond acceptors (Lipinski definition) is 3. The molecule has 0 fully saturated rings. The van der Waals surface area contributed by atoms with Crippen molar-refractivity contribution in [3.05, 3.63) is 0 Å². The molecule has 0 saturated heterocycles. The molecule has 100 valence electrons. The predicted molar refractivity (Wildman–Crippen MR) is 62.8 cm³/mol. The molecular weight excluding hydrogens is 224 g/mol. The molecule has 0 unspecified atom stereocenters. The van der Waals surface area contributed by atoms with Crippen molar-refractivity contribution in [3.63, 3.8) is 0 Å². The summed E-state index contributed by atoms with van der Waals surface area (Å²) in [6.07, 6.45) is 4.87. The molecule has 0 amide bonds. The van der Waals surface area contributed by atoms with Gasteiger partial charge in [0.05, 0.1) is 0 Å². The first kappa shape index (κ1) is 15.9. The largest absolute Gasteiger partial charge is 0.481 e. The van der Waals surface area contributed by atoms with Crippen molar-refractivity contribution in [2.24, 2.45) is 5.92 Å². The van der Waals surface area contributed by atoms with Crippen LogP contribution in [0.2, 0.25) is 0 Å². The van der Waals surface area contributed by atoms with Gasteiger partial charge in [0.25, 0.3) is 0 Å². The van der Waals surface area contributed by atoms with Gasteiger partial charge in [-0.2, -0.15) is 0 Å². The summed E-state index contributed by atoms with van der Waals surface area (Å²) in [5.74, 6) is -1.39. The first-order chi connectivity index (χ1) is 8.06. The van der Waals surface area contributed by atoms with Crippen LogP contribution in [0.5, 0.6) is 0 Å². The fraction of sp³-hybridized carbons (Fsp3) is 0.833. The van der Waals surface area contributed by atoms with Gasteiger partial charge in [0.15, 0.2) is 0 Å². The zero-order valence-corrected chi connectivity index (χ0v) is 10.1. The Balaban J connectivity index is 3.48. The molecule has 0 bridgehead atoms. The van der Waals surface area contributed by atoms with Crippen LogP contribution >= 0.6 is 0 Å². The van der Waals surface area contributed by atoms with Crippen LogP contribution in [0.15, 0.2) is 0 Å². The van der Waals surface area contributed by atoms with E-state index in [1.165, 1.54) is 0 Å².